The molecule has 0 heterocycles. The Bertz CT molecular complexity index is 3760. The smallest absolute Gasteiger partial charge is 0.0569 e. The number of rotatable bonds is 12. The Kier molecular flexibility index (Phi) is 12.0. The van der Waals surface area contributed by atoms with E-state index in [4.69, 9.17) is 0 Å². The number of hydrogen-bond acceptors (Lipinski definition) is 2. The van der Waals surface area contributed by atoms with Crippen LogP contribution < -0.4 is 9.80 Å². The van der Waals surface area contributed by atoms with Crippen LogP contribution in [0.1, 0.15) is 61.1 Å². The fourth-order valence-electron chi connectivity index (χ4n) is 12.0. The van der Waals surface area contributed by atoms with Crippen LogP contribution in [0.5, 0.6) is 0 Å². The number of nitrogens with zero attached hydrogens (tertiary/aromatic N) is 2. The Balaban J connectivity index is 1.25. The third kappa shape index (κ3) is 8.33. The maximum atomic E-state index is 2.58. The Morgan fingerprint density at radius 2 is 0.703 bits per heavy atom. The average Bonchev–Trinajstić information content (AvgIpc) is 3.41. The van der Waals surface area contributed by atoms with Crippen LogP contribution in [0.4, 0.5) is 34.1 Å². The van der Waals surface area contributed by atoms with E-state index < -0.39 is 0 Å². The molecule has 0 atom stereocenters. The van der Waals surface area contributed by atoms with Gasteiger partial charge in [0.1, 0.15) is 0 Å². The second kappa shape index (κ2) is 19.0. The first-order valence-corrected chi connectivity index (χ1v) is 26.7. The van der Waals surface area contributed by atoms with Crippen molar-refractivity contribution in [1.29, 1.82) is 0 Å². The van der Waals surface area contributed by atoms with Crippen LogP contribution in [0.15, 0.2) is 206 Å². The maximum Gasteiger partial charge on any atom is 0.0569 e. The lowest BCUT2D eigenvalue weighted by atomic mass is 9.85. The van der Waals surface area contributed by atoms with Gasteiger partial charge in [0.25, 0.3) is 0 Å². The molecule has 0 fully saturated rings. The zero-order chi connectivity index (χ0) is 50.8. The largest absolute Gasteiger partial charge is 0.309 e. The van der Waals surface area contributed by atoms with Gasteiger partial charge in [-0.2, -0.15) is 0 Å². The molecular formula is C72H64N2. The van der Waals surface area contributed by atoms with Crippen molar-refractivity contribution in [3.05, 3.63) is 240 Å². The highest BCUT2D eigenvalue weighted by Gasteiger charge is 2.28. The van der Waals surface area contributed by atoms with Crippen LogP contribution in [0, 0.1) is 39.5 Å². The van der Waals surface area contributed by atoms with E-state index in [1.54, 1.807) is 0 Å². The summed E-state index contributed by atoms with van der Waals surface area (Å²) >= 11 is 0. The predicted molar refractivity (Wildman–Crippen MR) is 321 cm³/mol. The Labute approximate surface area is 437 Å². The number of fused-ring (bicyclic) bond motifs is 2. The third-order valence-corrected chi connectivity index (χ3v) is 15.3. The topological polar surface area (TPSA) is 6.48 Å². The molecule has 0 aliphatic heterocycles. The molecule has 12 rings (SSSR count). The maximum absolute atomic E-state index is 2.58. The lowest BCUT2D eigenvalue weighted by Gasteiger charge is -2.33. The SMILES string of the molecule is Cc1ccc2ccc(C)c(N(c3ccc(CC(C)C)cc3)c3cc(-c4ccccc4)c4ccc5c(N(c6ccc(CC(C)C)cc6)c6c(C)ccc7ccc(C)cc67)cc(-c6ccccc6)c6ccc3c4c65)c2c1. The quantitative estimate of drug-likeness (QED) is 0.113. The third-order valence-electron chi connectivity index (χ3n) is 15.3. The Hall–Kier alpha value is -8.20. The fourth-order valence-corrected chi connectivity index (χ4v) is 12.0. The van der Waals surface area contributed by atoms with Crippen molar-refractivity contribution >= 4 is 88.0 Å². The molecule has 0 bridgehead atoms. The summed E-state index contributed by atoms with van der Waals surface area (Å²) in [4.78, 5) is 5.17. The lowest BCUT2D eigenvalue weighted by Crippen LogP contribution is -2.14. The van der Waals surface area contributed by atoms with Gasteiger partial charge in [0.15, 0.2) is 0 Å². The lowest BCUT2D eigenvalue weighted by molar-refractivity contribution is 0.647. The highest BCUT2D eigenvalue weighted by Crippen LogP contribution is 2.54. The van der Waals surface area contributed by atoms with Gasteiger partial charge in [-0.05, 0) is 167 Å². The molecule has 74 heavy (non-hydrogen) atoms. The van der Waals surface area contributed by atoms with E-state index in [-0.39, 0.29) is 0 Å². The van der Waals surface area contributed by atoms with Gasteiger partial charge in [0.2, 0.25) is 0 Å². The summed E-state index contributed by atoms with van der Waals surface area (Å²) in [6, 6.07) is 78.6. The van der Waals surface area contributed by atoms with Crippen molar-refractivity contribution in [3.8, 4) is 22.3 Å². The molecule has 12 aromatic carbocycles. The summed E-state index contributed by atoms with van der Waals surface area (Å²) in [6.45, 7) is 18.2. The minimum Gasteiger partial charge on any atom is -0.309 e. The number of anilines is 6. The Morgan fingerprint density at radius 3 is 1.08 bits per heavy atom. The highest BCUT2D eigenvalue weighted by molar-refractivity contribution is 6.33. The van der Waals surface area contributed by atoms with E-state index in [1.807, 2.05) is 0 Å². The van der Waals surface area contributed by atoms with Crippen molar-refractivity contribution in [2.45, 2.75) is 68.2 Å². The van der Waals surface area contributed by atoms with Crippen LogP contribution in [0.25, 0.3) is 76.1 Å². The van der Waals surface area contributed by atoms with Crippen LogP contribution in [-0.2, 0) is 12.8 Å². The molecule has 0 saturated heterocycles. The first kappa shape index (κ1) is 46.8. The van der Waals surface area contributed by atoms with E-state index in [2.05, 4.69) is 271 Å². The van der Waals surface area contributed by atoms with Gasteiger partial charge in [-0.1, -0.05) is 197 Å². The molecule has 0 aliphatic carbocycles. The molecular weight excluding hydrogens is 893 g/mol. The zero-order valence-electron chi connectivity index (χ0n) is 44.1. The highest BCUT2D eigenvalue weighted by atomic mass is 15.2. The van der Waals surface area contributed by atoms with Crippen molar-refractivity contribution in [3.63, 3.8) is 0 Å². The normalized spacial score (nSPS) is 11.9. The van der Waals surface area contributed by atoms with Crippen molar-refractivity contribution in [2.24, 2.45) is 11.8 Å². The monoisotopic (exact) mass is 957 g/mol. The number of aryl methyl sites for hydroxylation is 4. The van der Waals surface area contributed by atoms with Gasteiger partial charge in [0, 0.05) is 43.7 Å². The average molecular weight is 957 g/mol. The molecule has 2 nitrogen and oxygen atoms in total. The predicted octanol–water partition coefficient (Wildman–Crippen LogP) is 20.8. The van der Waals surface area contributed by atoms with Gasteiger partial charge in [0.05, 0.1) is 22.7 Å². The molecule has 2 heteroatoms. The van der Waals surface area contributed by atoms with Gasteiger partial charge in [-0.15, -0.1) is 0 Å². The molecule has 0 saturated carbocycles. The van der Waals surface area contributed by atoms with E-state index in [0.717, 1.165) is 35.6 Å². The molecule has 0 amide bonds. The van der Waals surface area contributed by atoms with Crippen LogP contribution in [0.2, 0.25) is 0 Å². The van der Waals surface area contributed by atoms with Crippen LogP contribution in [0.3, 0.4) is 0 Å². The molecule has 0 radical (unpaired) electrons. The molecule has 0 aromatic heterocycles. The fraction of sp³-hybridized carbons (Fsp3) is 0.167. The van der Waals surface area contributed by atoms with E-state index in [0.29, 0.717) is 11.8 Å². The first-order chi connectivity index (χ1) is 36.0. The second-order valence-electron chi connectivity index (χ2n) is 21.8. The minimum atomic E-state index is 0.561. The Morgan fingerprint density at radius 1 is 0.338 bits per heavy atom. The van der Waals surface area contributed by atoms with Gasteiger partial charge >= 0.3 is 0 Å². The summed E-state index contributed by atoms with van der Waals surface area (Å²) in [6.07, 6.45) is 2.07. The summed E-state index contributed by atoms with van der Waals surface area (Å²) in [7, 11) is 0. The van der Waals surface area contributed by atoms with Crippen molar-refractivity contribution < 1.29 is 0 Å². The number of hydrogen-bond donors (Lipinski definition) is 0. The van der Waals surface area contributed by atoms with E-state index in [1.165, 1.54) is 121 Å². The van der Waals surface area contributed by atoms with Gasteiger partial charge in [-0.25, -0.2) is 0 Å². The minimum absolute atomic E-state index is 0.561. The first-order valence-electron chi connectivity index (χ1n) is 26.7. The standard InChI is InChI=1S/C72H64N2/c1-45(2)39-51-23-31-57(32-24-51)73(71-49(7)21-29-55-27-19-47(5)41-65(55)71)67-43-63(53-15-11-9-12-16-53)59-36-38-62-68(44-64(54-17-13-10-14-18-54)60-35-37-61(67)69(59)70(60)62)74(58-33-25-52(26-34-58)40-46(3)4)72-50(8)22-30-56-28-20-48(6)42-66(56)72/h9-38,41-46H,39-40H2,1-8H3. The van der Waals surface area contributed by atoms with E-state index in [9.17, 15) is 0 Å². The molecule has 0 aliphatic rings. The second-order valence-corrected chi connectivity index (χ2v) is 21.8. The van der Waals surface area contributed by atoms with Crippen molar-refractivity contribution in [1.82, 2.24) is 0 Å². The summed E-state index contributed by atoms with van der Waals surface area (Å²) in [5.74, 6) is 1.12. The molecule has 0 N–H and O–H groups in total. The molecule has 0 spiro atoms. The molecule has 362 valence electrons. The van der Waals surface area contributed by atoms with Crippen LogP contribution in [-0.4, -0.2) is 0 Å². The molecule has 0 unspecified atom stereocenters. The van der Waals surface area contributed by atoms with Gasteiger partial charge < -0.3 is 9.80 Å². The summed E-state index contributed by atoms with van der Waals surface area (Å²) in [5.41, 5.74) is 19.5. The number of benzene rings is 12. The van der Waals surface area contributed by atoms with Crippen LogP contribution >= 0.6 is 0 Å². The van der Waals surface area contributed by atoms with E-state index >= 15 is 0 Å². The van der Waals surface area contributed by atoms with Gasteiger partial charge in [-0.3, -0.25) is 0 Å². The van der Waals surface area contributed by atoms with Crippen molar-refractivity contribution in [2.75, 3.05) is 9.80 Å². The summed E-state index contributed by atoms with van der Waals surface area (Å²) < 4.78 is 0. The zero-order valence-corrected chi connectivity index (χ0v) is 44.1. The molecule has 12 aromatic rings. The summed E-state index contributed by atoms with van der Waals surface area (Å²) in [5, 5.41) is 12.4.